The molecule has 0 atom stereocenters. The predicted octanol–water partition coefficient (Wildman–Crippen LogP) is 9.14. The third-order valence-corrected chi connectivity index (χ3v) is 10.0. The molecule has 1 aliphatic heterocycles. The first-order valence-electron chi connectivity index (χ1n) is 16.9. The molecule has 7 rings (SSSR count). The molecule has 2 heterocycles. The lowest BCUT2D eigenvalue weighted by Crippen LogP contribution is -2.49. The Kier molecular flexibility index (Phi) is 8.36. The normalized spacial score (nSPS) is 13.8. The number of pyridine rings is 1. The van der Waals surface area contributed by atoms with Crippen LogP contribution in [0.5, 0.6) is 0 Å². The first kappa shape index (κ1) is 31.7. The van der Waals surface area contributed by atoms with Crippen LogP contribution < -0.4 is 5.46 Å². The van der Waals surface area contributed by atoms with E-state index in [-0.39, 0.29) is 0 Å². The Balaban J connectivity index is 1.62. The van der Waals surface area contributed by atoms with Crippen LogP contribution in [-0.4, -0.2) is 34.5 Å². The molecule has 0 amide bonds. The fraction of sp³-hybridized carbons (Fsp3) is 0.209. The molecule has 0 saturated heterocycles. The van der Waals surface area contributed by atoms with Gasteiger partial charge < -0.3 is 9.76 Å². The zero-order valence-electron chi connectivity index (χ0n) is 28.4. The fourth-order valence-corrected chi connectivity index (χ4v) is 6.58. The molecule has 1 N–H and O–H groups in total. The van der Waals surface area contributed by atoms with Crippen LogP contribution in [-0.2, 0) is 11.1 Å². The summed E-state index contributed by atoms with van der Waals surface area (Å²) in [7, 11) is 0.324. The average molecular weight is 629 g/mol. The van der Waals surface area contributed by atoms with Gasteiger partial charge in [0.05, 0.1) is 33.8 Å². The largest absolute Gasteiger partial charge is 0.427 e. The third-order valence-electron chi connectivity index (χ3n) is 10.0. The molecular formula is C43H41BN2O2. The lowest BCUT2D eigenvalue weighted by atomic mass is 9.76. The lowest BCUT2D eigenvalue weighted by Gasteiger charge is -2.38. The Morgan fingerprint density at radius 1 is 0.729 bits per heavy atom. The topological polar surface area (TPSA) is 54.7 Å². The van der Waals surface area contributed by atoms with Gasteiger partial charge in [-0.2, -0.15) is 0 Å². The molecule has 0 saturated carbocycles. The van der Waals surface area contributed by atoms with E-state index < -0.39 is 11.2 Å². The van der Waals surface area contributed by atoms with E-state index in [1.807, 2.05) is 19.9 Å². The molecule has 48 heavy (non-hydrogen) atoms. The number of aliphatic imine (C=N–C) groups is 1. The van der Waals surface area contributed by atoms with Crippen LogP contribution in [0.25, 0.3) is 38.5 Å². The Morgan fingerprint density at radius 2 is 1.31 bits per heavy atom. The number of aliphatic hydroxyl groups is 1. The van der Waals surface area contributed by atoms with Gasteiger partial charge >= 0.3 is 7.48 Å². The van der Waals surface area contributed by atoms with Gasteiger partial charge in [0.25, 0.3) is 0 Å². The molecule has 0 radical (unpaired) electrons. The van der Waals surface area contributed by atoms with E-state index in [1.54, 1.807) is 13.8 Å². The highest BCUT2D eigenvalue weighted by Crippen LogP contribution is 2.43. The van der Waals surface area contributed by atoms with Crippen LogP contribution in [0.1, 0.15) is 57.7 Å². The maximum absolute atomic E-state index is 11.0. The van der Waals surface area contributed by atoms with Gasteiger partial charge in [-0.05, 0) is 63.2 Å². The van der Waals surface area contributed by atoms with Gasteiger partial charge in [-0.3, -0.25) is 0 Å². The summed E-state index contributed by atoms with van der Waals surface area (Å²) in [4.78, 5) is 11.0. The van der Waals surface area contributed by atoms with E-state index in [9.17, 15) is 5.11 Å². The second kappa shape index (κ2) is 12.6. The first-order valence-corrected chi connectivity index (χ1v) is 16.9. The van der Waals surface area contributed by atoms with Crippen LogP contribution in [0, 0.1) is 0 Å². The summed E-state index contributed by atoms with van der Waals surface area (Å²) < 4.78 is 6.63. The van der Waals surface area contributed by atoms with Gasteiger partial charge in [0.15, 0.2) is 0 Å². The van der Waals surface area contributed by atoms with E-state index in [0.29, 0.717) is 7.48 Å². The third kappa shape index (κ3) is 5.78. The number of aromatic nitrogens is 1. The Morgan fingerprint density at radius 3 is 1.94 bits per heavy atom. The number of para-hydroxylation sites is 1. The minimum atomic E-state index is -1.04. The van der Waals surface area contributed by atoms with Crippen molar-refractivity contribution in [3.05, 3.63) is 144 Å². The molecule has 0 fully saturated rings. The molecule has 0 unspecified atom stereocenters. The number of nitrogens with zero attached hydrogens (tertiary/aromatic N) is 2. The Hall–Kier alpha value is -4.84. The van der Waals surface area contributed by atoms with Crippen molar-refractivity contribution in [1.82, 2.24) is 4.98 Å². The highest BCUT2D eigenvalue weighted by atomic mass is 16.5. The second-order valence-corrected chi connectivity index (χ2v) is 13.7. The van der Waals surface area contributed by atoms with Crippen LogP contribution in [0.15, 0.2) is 132 Å². The van der Waals surface area contributed by atoms with Crippen molar-refractivity contribution in [1.29, 1.82) is 0 Å². The molecule has 0 spiro atoms. The standard InChI is InChI=1S/C43H41BN2O2/c1-6-28-26-33-35(44-48-43(4,5)42(2,3)47)27-34-38(32-24-16-17-25-36(32)45-39(34)30-20-12-8-13-21-30)41(33)46-40(31-22-14-9-15-23-31)37(28)29-18-10-7-11-19-29/h7-25,27,44,47H,6,26H2,1-5H3. The summed E-state index contributed by atoms with van der Waals surface area (Å²) in [5.41, 5.74) is 9.95. The second-order valence-electron chi connectivity index (χ2n) is 13.7. The zero-order chi connectivity index (χ0) is 33.5. The average Bonchev–Trinajstić information content (AvgIpc) is 3.28. The van der Waals surface area contributed by atoms with Crippen molar-refractivity contribution in [2.45, 2.75) is 58.7 Å². The van der Waals surface area contributed by atoms with Gasteiger partial charge in [-0.25, -0.2) is 9.98 Å². The monoisotopic (exact) mass is 628 g/mol. The van der Waals surface area contributed by atoms with E-state index >= 15 is 0 Å². The Labute approximate surface area is 284 Å². The summed E-state index contributed by atoms with van der Waals surface area (Å²) in [5, 5.41) is 14.2. The van der Waals surface area contributed by atoms with Gasteiger partial charge in [0.1, 0.15) is 0 Å². The smallest absolute Gasteiger partial charge is 0.309 e. The van der Waals surface area contributed by atoms with Crippen molar-refractivity contribution < 1.29 is 9.76 Å². The number of hydrogen-bond acceptors (Lipinski definition) is 4. The van der Waals surface area contributed by atoms with E-state index in [0.717, 1.165) is 79.3 Å². The predicted molar refractivity (Wildman–Crippen MR) is 203 cm³/mol. The highest BCUT2D eigenvalue weighted by molar-refractivity contribution is 6.49. The molecular weight excluding hydrogens is 587 g/mol. The maximum atomic E-state index is 11.0. The van der Waals surface area contributed by atoms with Crippen LogP contribution in [0.4, 0.5) is 5.69 Å². The molecule has 1 aliphatic rings. The van der Waals surface area contributed by atoms with Gasteiger partial charge in [-0.15, -0.1) is 0 Å². The van der Waals surface area contributed by atoms with Crippen LogP contribution in [0.2, 0.25) is 0 Å². The van der Waals surface area contributed by atoms with E-state index in [2.05, 4.69) is 122 Å². The van der Waals surface area contributed by atoms with E-state index in [1.165, 1.54) is 11.1 Å². The molecule has 0 bridgehead atoms. The summed E-state index contributed by atoms with van der Waals surface area (Å²) in [6.07, 6.45) is 1.60. The minimum Gasteiger partial charge on any atom is -0.427 e. The van der Waals surface area contributed by atoms with Crippen molar-refractivity contribution in [3.63, 3.8) is 0 Å². The maximum Gasteiger partial charge on any atom is 0.309 e. The number of hydrogen-bond donors (Lipinski definition) is 1. The van der Waals surface area contributed by atoms with E-state index in [4.69, 9.17) is 14.6 Å². The van der Waals surface area contributed by atoms with Crippen molar-refractivity contribution in [3.8, 4) is 11.3 Å². The van der Waals surface area contributed by atoms with Gasteiger partial charge in [0, 0.05) is 32.9 Å². The number of benzene rings is 5. The summed E-state index contributed by atoms with van der Waals surface area (Å²) in [6.45, 7) is 9.75. The minimum absolute atomic E-state index is 0.324. The van der Waals surface area contributed by atoms with Crippen molar-refractivity contribution in [2.75, 3.05) is 0 Å². The zero-order valence-corrected chi connectivity index (χ0v) is 28.4. The fourth-order valence-electron chi connectivity index (χ4n) is 6.58. The van der Waals surface area contributed by atoms with Crippen molar-refractivity contribution in [2.24, 2.45) is 4.99 Å². The Bertz CT molecular complexity index is 2180. The molecule has 5 heteroatoms. The van der Waals surface area contributed by atoms with Crippen LogP contribution in [0.3, 0.4) is 0 Å². The van der Waals surface area contributed by atoms with Gasteiger partial charge in [-0.1, -0.05) is 128 Å². The number of fused-ring (bicyclic) bond motifs is 5. The summed E-state index contributed by atoms with van der Waals surface area (Å²) in [5.74, 6) is 0. The SMILES string of the molecule is CCC1=C(c2ccccc2)C(c2ccccc2)=Nc2c(c(BOC(C)(C)C(C)(C)O)cc3c(-c4ccccc4)nc4ccccc4c23)C1. The molecule has 1 aromatic heterocycles. The van der Waals surface area contributed by atoms with Crippen molar-refractivity contribution >= 4 is 51.6 Å². The summed E-state index contributed by atoms with van der Waals surface area (Å²) >= 11 is 0. The number of allylic oxidation sites excluding steroid dienone is 2. The molecule has 6 aromatic rings. The molecule has 238 valence electrons. The first-order chi connectivity index (χ1) is 23.2. The summed E-state index contributed by atoms with van der Waals surface area (Å²) in [6, 6.07) is 42.3. The highest BCUT2D eigenvalue weighted by Gasteiger charge is 2.36. The van der Waals surface area contributed by atoms with Crippen LogP contribution >= 0.6 is 0 Å². The quantitative estimate of drug-likeness (QED) is 0.135. The van der Waals surface area contributed by atoms with Gasteiger partial charge in [0.2, 0.25) is 0 Å². The molecule has 5 aromatic carbocycles. The molecule has 4 nitrogen and oxygen atoms in total. The number of rotatable bonds is 8. The lowest BCUT2D eigenvalue weighted by molar-refractivity contribution is -0.0893. The molecule has 0 aliphatic carbocycles.